The minimum Gasteiger partial charge on any atom is -0.507 e. The van der Waals surface area contributed by atoms with E-state index in [2.05, 4.69) is 4.90 Å². The molecular formula is C26H29ClN2O6. The van der Waals surface area contributed by atoms with Gasteiger partial charge in [0.05, 0.1) is 43.6 Å². The SMILES string of the molecule is CCOc1ccc([C@@H]2C(=C(O)c3ccc(OC)c(Cl)c3)C(=O)C(=O)N2CCN2CCOCC2)cc1. The number of Topliss-reactive ketones (excluding diaryl/α,β-unsaturated/α-hetero) is 1. The minimum atomic E-state index is -0.743. The van der Waals surface area contributed by atoms with E-state index in [1.165, 1.54) is 18.1 Å². The van der Waals surface area contributed by atoms with Crippen LogP contribution in [0.4, 0.5) is 0 Å². The van der Waals surface area contributed by atoms with Crippen molar-refractivity contribution in [3.05, 3.63) is 64.2 Å². The first-order valence-electron chi connectivity index (χ1n) is 11.6. The first kappa shape index (κ1) is 25.0. The average molecular weight is 501 g/mol. The van der Waals surface area contributed by atoms with Gasteiger partial charge in [-0.05, 0) is 42.8 Å². The summed E-state index contributed by atoms with van der Waals surface area (Å²) in [6, 6.07) is 11.2. The van der Waals surface area contributed by atoms with Gasteiger partial charge in [0.1, 0.15) is 17.3 Å². The van der Waals surface area contributed by atoms with Crippen LogP contribution in [0.15, 0.2) is 48.0 Å². The Morgan fingerprint density at radius 1 is 1.11 bits per heavy atom. The fraction of sp³-hybridized carbons (Fsp3) is 0.385. The monoisotopic (exact) mass is 500 g/mol. The third kappa shape index (κ3) is 5.29. The zero-order chi connectivity index (χ0) is 24.9. The summed E-state index contributed by atoms with van der Waals surface area (Å²) >= 11 is 6.26. The molecule has 0 unspecified atom stereocenters. The minimum absolute atomic E-state index is 0.0300. The third-order valence-corrected chi connectivity index (χ3v) is 6.53. The normalized spacial score (nSPS) is 20.3. The number of hydrogen-bond donors (Lipinski definition) is 1. The molecule has 0 spiro atoms. The van der Waals surface area contributed by atoms with Crippen molar-refractivity contribution in [2.24, 2.45) is 0 Å². The predicted molar refractivity (Wildman–Crippen MR) is 132 cm³/mol. The number of halogens is 1. The molecule has 9 heteroatoms. The smallest absolute Gasteiger partial charge is 0.295 e. The maximum Gasteiger partial charge on any atom is 0.295 e. The van der Waals surface area contributed by atoms with Crippen LogP contribution >= 0.6 is 11.6 Å². The topological polar surface area (TPSA) is 88.5 Å². The lowest BCUT2D eigenvalue weighted by Crippen LogP contribution is -2.42. The molecule has 35 heavy (non-hydrogen) atoms. The van der Waals surface area contributed by atoms with Crippen molar-refractivity contribution >= 4 is 29.1 Å². The summed E-state index contributed by atoms with van der Waals surface area (Å²) in [5.74, 6) is -0.519. The third-order valence-electron chi connectivity index (χ3n) is 6.23. The molecule has 2 saturated heterocycles. The van der Waals surface area contributed by atoms with Gasteiger partial charge in [0.2, 0.25) is 0 Å². The van der Waals surface area contributed by atoms with Crippen molar-refractivity contribution in [2.45, 2.75) is 13.0 Å². The molecule has 186 valence electrons. The standard InChI is InChI=1S/C26H29ClN2O6/c1-3-35-19-7-4-17(5-8-19)23-22(24(30)18-6-9-21(33-2)20(27)16-18)25(31)26(32)29(23)11-10-28-12-14-34-15-13-28/h4-9,16,23,30H,3,10-15H2,1-2H3/t23-/m1/s1. The molecule has 2 aliphatic rings. The van der Waals surface area contributed by atoms with E-state index in [-0.39, 0.29) is 16.4 Å². The van der Waals surface area contributed by atoms with E-state index in [4.69, 9.17) is 25.8 Å². The van der Waals surface area contributed by atoms with Crippen molar-refractivity contribution in [2.75, 3.05) is 53.1 Å². The lowest BCUT2D eigenvalue weighted by Gasteiger charge is -2.31. The van der Waals surface area contributed by atoms with E-state index in [1.807, 2.05) is 19.1 Å². The summed E-state index contributed by atoms with van der Waals surface area (Å²) in [6.07, 6.45) is 0. The Balaban J connectivity index is 1.73. The van der Waals surface area contributed by atoms with Crippen molar-refractivity contribution in [3.63, 3.8) is 0 Å². The fourth-order valence-electron chi connectivity index (χ4n) is 4.41. The van der Waals surface area contributed by atoms with Crippen LogP contribution in [-0.2, 0) is 14.3 Å². The van der Waals surface area contributed by atoms with Crippen molar-refractivity contribution in [1.82, 2.24) is 9.80 Å². The Bertz CT molecular complexity index is 1110. The molecule has 1 atom stereocenters. The number of carbonyl (C=O) groups excluding carboxylic acids is 2. The number of ether oxygens (including phenoxy) is 3. The van der Waals surface area contributed by atoms with Gasteiger partial charge in [-0.1, -0.05) is 23.7 Å². The molecule has 1 amide bonds. The van der Waals surface area contributed by atoms with Crippen molar-refractivity contribution < 1.29 is 28.9 Å². The number of methoxy groups -OCH3 is 1. The second-order valence-electron chi connectivity index (χ2n) is 8.30. The molecule has 0 radical (unpaired) electrons. The van der Waals surface area contributed by atoms with Gasteiger partial charge >= 0.3 is 0 Å². The van der Waals surface area contributed by atoms with Crippen LogP contribution in [0.2, 0.25) is 5.02 Å². The number of ketones is 1. The van der Waals surface area contributed by atoms with Gasteiger partial charge in [-0.3, -0.25) is 14.5 Å². The Morgan fingerprint density at radius 3 is 2.46 bits per heavy atom. The Hall–Kier alpha value is -3.07. The molecule has 0 aromatic heterocycles. The molecule has 2 aromatic rings. The number of carbonyl (C=O) groups is 2. The highest BCUT2D eigenvalue weighted by Crippen LogP contribution is 2.40. The first-order chi connectivity index (χ1) is 16.9. The number of amides is 1. The summed E-state index contributed by atoms with van der Waals surface area (Å²) in [6.45, 7) is 6.16. The lowest BCUT2D eigenvalue weighted by atomic mass is 9.95. The first-order valence-corrected chi connectivity index (χ1v) is 12.0. The summed E-state index contributed by atoms with van der Waals surface area (Å²) in [7, 11) is 1.49. The molecule has 0 bridgehead atoms. The van der Waals surface area contributed by atoms with E-state index < -0.39 is 17.7 Å². The zero-order valence-corrected chi connectivity index (χ0v) is 20.6. The maximum absolute atomic E-state index is 13.2. The number of likely N-dealkylation sites (tertiary alicyclic amines) is 1. The number of hydrogen-bond acceptors (Lipinski definition) is 7. The summed E-state index contributed by atoms with van der Waals surface area (Å²) in [5, 5.41) is 11.5. The molecule has 0 saturated carbocycles. The Kier molecular flexibility index (Phi) is 7.95. The Morgan fingerprint density at radius 2 is 1.83 bits per heavy atom. The van der Waals surface area contributed by atoms with E-state index in [0.29, 0.717) is 55.5 Å². The number of aliphatic hydroxyl groups is 1. The van der Waals surface area contributed by atoms with Gasteiger partial charge in [0, 0.05) is 31.7 Å². The van der Waals surface area contributed by atoms with Crippen LogP contribution in [-0.4, -0.2) is 79.7 Å². The van der Waals surface area contributed by atoms with Gasteiger partial charge in [0.25, 0.3) is 11.7 Å². The van der Waals surface area contributed by atoms with E-state index >= 15 is 0 Å². The number of benzene rings is 2. The van der Waals surface area contributed by atoms with Gasteiger partial charge in [-0.25, -0.2) is 0 Å². The van der Waals surface area contributed by atoms with Crippen molar-refractivity contribution in [1.29, 1.82) is 0 Å². The lowest BCUT2D eigenvalue weighted by molar-refractivity contribution is -0.140. The molecule has 4 rings (SSSR count). The van der Waals surface area contributed by atoms with Gasteiger partial charge in [-0.2, -0.15) is 0 Å². The van der Waals surface area contributed by atoms with Gasteiger partial charge in [0.15, 0.2) is 0 Å². The number of morpholine rings is 1. The number of aliphatic hydroxyl groups excluding tert-OH is 1. The van der Waals surface area contributed by atoms with E-state index in [9.17, 15) is 14.7 Å². The highest BCUT2D eigenvalue weighted by Gasteiger charge is 2.46. The molecule has 2 aromatic carbocycles. The van der Waals surface area contributed by atoms with Crippen LogP contribution in [0.3, 0.4) is 0 Å². The molecule has 1 N–H and O–H groups in total. The molecule has 2 aliphatic heterocycles. The van der Waals surface area contributed by atoms with E-state index in [1.54, 1.807) is 24.3 Å². The van der Waals surface area contributed by atoms with Crippen molar-refractivity contribution in [3.8, 4) is 11.5 Å². The largest absolute Gasteiger partial charge is 0.507 e. The molecule has 8 nitrogen and oxygen atoms in total. The summed E-state index contributed by atoms with van der Waals surface area (Å²) < 4.78 is 16.1. The Labute approximate surface area is 209 Å². The summed E-state index contributed by atoms with van der Waals surface area (Å²) in [5.41, 5.74) is 1.07. The molecule has 2 heterocycles. The van der Waals surface area contributed by atoms with Gasteiger partial charge < -0.3 is 24.2 Å². The van der Waals surface area contributed by atoms with Crippen LogP contribution in [0.25, 0.3) is 5.76 Å². The summed E-state index contributed by atoms with van der Waals surface area (Å²) in [4.78, 5) is 30.1. The second-order valence-corrected chi connectivity index (χ2v) is 8.71. The highest BCUT2D eigenvalue weighted by molar-refractivity contribution is 6.46. The predicted octanol–water partition coefficient (Wildman–Crippen LogP) is 3.50. The number of nitrogens with zero attached hydrogens (tertiary/aromatic N) is 2. The van der Waals surface area contributed by atoms with Gasteiger partial charge in [-0.15, -0.1) is 0 Å². The van der Waals surface area contributed by atoms with Crippen LogP contribution in [0.5, 0.6) is 11.5 Å². The zero-order valence-electron chi connectivity index (χ0n) is 19.8. The molecular weight excluding hydrogens is 472 g/mol. The van der Waals surface area contributed by atoms with Crippen LogP contribution in [0.1, 0.15) is 24.1 Å². The average Bonchev–Trinajstić information content (AvgIpc) is 3.13. The quantitative estimate of drug-likeness (QED) is 0.337. The molecule has 2 fully saturated rings. The van der Waals surface area contributed by atoms with E-state index in [0.717, 1.165) is 13.1 Å². The van der Waals surface area contributed by atoms with Crippen LogP contribution < -0.4 is 9.47 Å². The maximum atomic E-state index is 13.2. The fourth-order valence-corrected chi connectivity index (χ4v) is 4.67. The second kappa shape index (κ2) is 11.1. The number of rotatable bonds is 8. The van der Waals surface area contributed by atoms with Crippen LogP contribution in [0, 0.1) is 0 Å². The molecule has 0 aliphatic carbocycles. The highest BCUT2D eigenvalue weighted by atomic mass is 35.5.